The molecule has 122 valence electrons. The molecule has 1 heterocycles. The van der Waals surface area contributed by atoms with Crippen LogP contribution in [-0.2, 0) is 6.54 Å². The molecule has 6 nitrogen and oxygen atoms in total. The highest BCUT2D eigenvalue weighted by atomic mass is 16.2. The van der Waals surface area contributed by atoms with E-state index in [4.69, 9.17) is 0 Å². The molecule has 2 aromatic rings. The standard InChI is InChI=1S/C17H23N5O/c1-13(2)22(4)16-7-5-6-14(10-16)20-17(23)21(3)12-15-11-18-8-9-19-15/h5-11,13H,12H2,1-4H3,(H,20,23). The highest BCUT2D eigenvalue weighted by Crippen LogP contribution is 2.20. The molecule has 1 N–H and O–H groups in total. The van der Waals surface area contributed by atoms with Crippen LogP contribution in [-0.4, -0.2) is 41.0 Å². The zero-order chi connectivity index (χ0) is 16.8. The zero-order valence-electron chi connectivity index (χ0n) is 14.0. The van der Waals surface area contributed by atoms with E-state index in [1.54, 1.807) is 30.5 Å². The Hall–Kier alpha value is -2.63. The highest BCUT2D eigenvalue weighted by molar-refractivity contribution is 5.89. The van der Waals surface area contributed by atoms with E-state index in [-0.39, 0.29) is 6.03 Å². The van der Waals surface area contributed by atoms with Gasteiger partial charge in [0.2, 0.25) is 0 Å². The third kappa shape index (κ3) is 4.67. The van der Waals surface area contributed by atoms with E-state index in [1.807, 2.05) is 31.3 Å². The molecule has 6 heteroatoms. The van der Waals surface area contributed by atoms with Crippen molar-refractivity contribution < 1.29 is 4.79 Å². The van der Waals surface area contributed by atoms with Crippen LogP contribution in [0.2, 0.25) is 0 Å². The van der Waals surface area contributed by atoms with Gasteiger partial charge in [0.05, 0.1) is 18.4 Å². The maximum absolute atomic E-state index is 12.3. The second-order valence-electron chi connectivity index (χ2n) is 5.74. The van der Waals surface area contributed by atoms with Gasteiger partial charge in [-0.25, -0.2) is 4.79 Å². The van der Waals surface area contributed by atoms with Crippen LogP contribution in [0.1, 0.15) is 19.5 Å². The lowest BCUT2D eigenvalue weighted by Gasteiger charge is -2.24. The number of anilines is 2. The quantitative estimate of drug-likeness (QED) is 0.922. The Bertz CT molecular complexity index is 644. The van der Waals surface area contributed by atoms with Crippen LogP contribution in [0.3, 0.4) is 0 Å². The molecule has 0 saturated heterocycles. The van der Waals surface area contributed by atoms with Gasteiger partial charge in [0.1, 0.15) is 0 Å². The van der Waals surface area contributed by atoms with Crippen LogP contribution in [0, 0.1) is 0 Å². The summed E-state index contributed by atoms with van der Waals surface area (Å²) < 4.78 is 0. The molecule has 0 saturated carbocycles. The lowest BCUT2D eigenvalue weighted by atomic mass is 10.2. The number of benzene rings is 1. The molecule has 1 aromatic heterocycles. The van der Waals surface area contributed by atoms with Gasteiger partial charge in [0, 0.05) is 43.9 Å². The van der Waals surface area contributed by atoms with Crippen molar-refractivity contribution >= 4 is 17.4 Å². The maximum Gasteiger partial charge on any atom is 0.321 e. The van der Waals surface area contributed by atoms with Crippen molar-refractivity contribution in [3.63, 3.8) is 0 Å². The van der Waals surface area contributed by atoms with Gasteiger partial charge in [-0.3, -0.25) is 9.97 Å². The summed E-state index contributed by atoms with van der Waals surface area (Å²) in [5.74, 6) is 0. The summed E-state index contributed by atoms with van der Waals surface area (Å²) in [4.78, 5) is 24.2. The van der Waals surface area contributed by atoms with E-state index in [1.165, 1.54) is 0 Å². The molecule has 2 rings (SSSR count). The molecule has 0 unspecified atom stereocenters. The molecule has 0 aliphatic rings. The Labute approximate surface area is 137 Å². The van der Waals surface area contributed by atoms with E-state index >= 15 is 0 Å². The van der Waals surface area contributed by atoms with Gasteiger partial charge in [0.15, 0.2) is 0 Å². The fourth-order valence-electron chi connectivity index (χ4n) is 2.05. The molecule has 0 fully saturated rings. The number of nitrogens with one attached hydrogen (secondary N) is 1. The van der Waals surface area contributed by atoms with E-state index in [9.17, 15) is 4.79 Å². The molecule has 1 aromatic carbocycles. The minimum absolute atomic E-state index is 0.181. The van der Waals surface area contributed by atoms with Crippen LogP contribution in [0.4, 0.5) is 16.2 Å². The number of urea groups is 1. The first-order chi connectivity index (χ1) is 11.0. The molecule has 0 aliphatic heterocycles. The number of nitrogens with zero attached hydrogens (tertiary/aromatic N) is 4. The summed E-state index contributed by atoms with van der Waals surface area (Å²) in [5, 5.41) is 2.91. The fourth-order valence-corrected chi connectivity index (χ4v) is 2.05. The third-order valence-corrected chi connectivity index (χ3v) is 3.64. The number of rotatable bonds is 5. The largest absolute Gasteiger partial charge is 0.372 e. The fraction of sp³-hybridized carbons (Fsp3) is 0.353. The summed E-state index contributed by atoms with van der Waals surface area (Å²) in [6, 6.07) is 8.02. The number of hydrogen-bond donors (Lipinski definition) is 1. The summed E-state index contributed by atoms with van der Waals surface area (Å²) in [6.07, 6.45) is 4.88. The molecule has 0 radical (unpaired) electrons. The Kier molecular flexibility index (Phi) is 5.51. The molecule has 0 atom stereocenters. The smallest absolute Gasteiger partial charge is 0.321 e. The highest BCUT2D eigenvalue weighted by Gasteiger charge is 2.11. The number of hydrogen-bond acceptors (Lipinski definition) is 4. The minimum atomic E-state index is -0.181. The first-order valence-electron chi connectivity index (χ1n) is 7.57. The van der Waals surface area contributed by atoms with Crippen molar-refractivity contribution in [1.29, 1.82) is 0 Å². The van der Waals surface area contributed by atoms with Crippen LogP contribution in [0.5, 0.6) is 0 Å². The predicted octanol–water partition coefficient (Wildman–Crippen LogP) is 2.99. The number of carbonyl (C=O) groups is 1. The van der Waals surface area contributed by atoms with Gasteiger partial charge < -0.3 is 15.1 Å². The average Bonchev–Trinajstić information content (AvgIpc) is 2.55. The molecular formula is C17H23N5O. The first-order valence-corrected chi connectivity index (χ1v) is 7.57. The van der Waals surface area contributed by atoms with Crippen LogP contribution in [0.15, 0.2) is 42.9 Å². The lowest BCUT2D eigenvalue weighted by Crippen LogP contribution is -2.31. The van der Waals surface area contributed by atoms with Gasteiger partial charge in [-0.05, 0) is 32.0 Å². The van der Waals surface area contributed by atoms with Gasteiger partial charge in [0.25, 0.3) is 0 Å². The second-order valence-corrected chi connectivity index (χ2v) is 5.74. The third-order valence-electron chi connectivity index (χ3n) is 3.64. The van der Waals surface area contributed by atoms with Crippen molar-refractivity contribution in [2.45, 2.75) is 26.4 Å². The normalized spacial score (nSPS) is 10.5. The second kappa shape index (κ2) is 7.58. The lowest BCUT2D eigenvalue weighted by molar-refractivity contribution is 0.220. The molecule has 2 amide bonds. The summed E-state index contributed by atoms with van der Waals surface area (Å²) in [7, 11) is 3.76. The van der Waals surface area contributed by atoms with Gasteiger partial charge in [-0.2, -0.15) is 0 Å². The van der Waals surface area contributed by atoms with Gasteiger partial charge in [-0.1, -0.05) is 6.07 Å². The molecular weight excluding hydrogens is 290 g/mol. The van der Waals surface area contributed by atoms with Crippen molar-refractivity contribution in [3.8, 4) is 0 Å². The van der Waals surface area contributed by atoms with Gasteiger partial charge in [-0.15, -0.1) is 0 Å². The maximum atomic E-state index is 12.3. The van der Waals surface area contributed by atoms with Crippen molar-refractivity contribution in [3.05, 3.63) is 48.5 Å². The topological polar surface area (TPSA) is 61.4 Å². The Morgan fingerprint density at radius 3 is 2.70 bits per heavy atom. The molecule has 23 heavy (non-hydrogen) atoms. The average molecular weight is 313 g/mol. The zero-order valence-corrected chi connectivity index (χ0v) is 14.0. The number of carbonyl (C=O) groups excluding carboxylic acids is 1. The van der Waals surface area contributed by atoms with E-state index in [2.05, 4.69) is 34.0 Å². The summed E-state index contributed by atoms with van der Waals surface area (Å²) in [5.41, 5.74) is 2.58. The van der Waals surface area contributed by atoms with E-state index < -0.39 is 0 Å². The summed E-state index contributed by atoms with van der Waals surface area (Å²) >= 11 is 0. The monoisotopic (exact) mass is 313 g/mol. The Morgan fingerprint density at radius 1 is 1.26 bits per heavy atom. The first kappa shape index (κ1) is 16.7. The van der Waals surface area contributed by atoms with Crippen LogP contribution >= 0.6 is 0 Å². The summed E-state index contributed by atoms with van der Waals surface area (Å²) in [6.45, 7) is 4.66. The molecule has 0 spiro atoms. The van der Waals surface area contributed by atoms with Crippen LogP contribution in [0.25, 0.3) is 0 Å². The number of amides is 2. The van der Waals surface area contributed by atoms with Crippen LogP contribution < -0.4 is 10.2 Å². The SMILES string of the molecule is CC(C)N(C)c1cccc(NC(=O)N(C)Cc2cnccn2)c1. The van der Waals surface area contributed by atoms with Crippen molar-refractivity contribution in [2.75, 3.05) is 24.3 Å². The minimum Gasteiger partial charge on any atom is -0.372 e. The number of aromatic nitrogens is 2. The molecule has 0 aliphatic carbocycles. The van der Waals surface area contributed by atoms with Crippen molar-refractivity contribution in [1.82, 2.24) is 14.9 Å². The Balaban J connectivity index is 2.01. The Morgan fingerprint density at radius 2 is 2.04 bits per heavy atom. The predicted molar refractivity (Wildman–Crippen MR) is 92.5 cm³/mol. The molecule has 0 bridgehead atoms. The van der Waals surface area contributed by atoms with E-state index in [0.717, 1.165) is 17.1 Å². The van der Waals surface area contributed by atoms with Crippen molar-refractivity contribution in [2.24, 2.45) is 0 Å². The van der Waals surface area contributed by atoms with E-state index in [0.29, 0.717) is 12.6 Å². The van der Waals surface area contributed by atoms with Gasteiger partial charge >= 0.3 is 6.03 Å².